The third-order valence-electron chi connectivity index (χ3n) is 5.98. The summed E-state index contributed by atoms with van der Waals surface area (Å²) in [5.41, 5.74) is 2.06. The van der Waals surface area contributed by atoms with Gasteiger partial charge < -0.3 is 19.5 Å². The van der Waals surface area contributed by atoms with Crippen LogP contribution in [0.5, 0.6) is 5.75 Å². The number of thiocarbonyl (C=S) groups is 1. The number of hydrogen-bond acceptors (Lipinski definition) is 3. The average molecular weight is 495 g/mol. The molecule has 9 heteroatoms. The summed E-state index contributed by atoms with van der Waals surface area (Å²) in [7, 11) is 1.60. The lowest BCUT2D eigenvalue weighted by Gasteiger charge is -2.29. The molecule has 1 aliphatic heterocycles. The van der Waals surface area contributed by atoms with E-state index < -0.39 is 11.7 Å². The lowest BCUT2D eigenvalue weighted by Crippen LogP contribution is -2.30. The van der Waals surface area contributed by atoms with Crippen molar-refractivity contribution < 1.29 is 17.9 Å². The lowest BCUT2D eigenvalue weighted by atomic mass is 10.0. The van der Waals surface area contributed by atoms with Gasteiger partial charge in [0.2, 0.25) is 0 Å². The van der Waals surface area contributed by atoms with Gasteiger partial charge in [-0.1, -0.05) is 12.1 Å². The molecule has 2 unspecified atom stereocenters. The van der Waals surface area contributed by atoms with Gasteiger partial charge >= 0.3 is 6.18 Å². The van der Waals surface area contributed by atoms with Crippen molar-refractivity contribution in [1.82, 2.24) is 14.9 Å². The molecular weight excluding hydrogens is 473 g/mol. The number of benzene rings is 2. The minimum atomic E-state index is -4.44. The second-order valence-corrected chi connectivity index (χ2v) is 8.43. The Morgan fingerprint density at radius 3 is 2.43 bits per heavy atom. The van der Waals surface area contributed by atoms with Crippen LogP contribution in [-0.2, 0) is 6.18 Å². The van der Waals surface area contributed by atoms with Crippen molar-refractivity contribution in [3.05, 3.63) is 108 Å². The highest BCUT2D eigenvalue weighted by molar-refractivity contribution is 7.80. The number of rotatable bonds is 5. The molecule has 0 spiro atoms. The number of pyridine rings is 1. The fourth-order valence-electron chi connectivity index (χ4n) is 4.38. The van der Waals surface area contributed by atoms with Gasteiger partial charge in [0.25, 0.3) is 0 Å². The first-order valence-electron chi connectivity index (χ1n) is 10.9. The normalized spacial score (nSPS) is 17.9. The molecule has 5 rings (SSSR count). The van der Waals surface area contributed by atoms with Gasteiger partial charge in [-0.2, -0.15) is 13.2 Å². The van der Waals surface area contributed by atoms with E-state index in [1.54, 1.807) is 30.1 Å². The second kappa shape index (κ2) is 9.07. The number of halogens is 3. The minimum absolute atomic E-state index is 0.328. The standard InChI is InChI=1S/C26H21F3N4OS/c1-34-20-12-10-18(11-13-20)33-24(23(31-25(33)35)21-8-2-3-14-30-21)22-9-5-15-32(22)19-7-4-6-17(16-19)26(27,28)29/h2-16,23-24H,1H3,(H,31,35). The summed E-state index contributed by atoms with van der Waals surface area (Å²) >= 11 is 5.74. The number of aromatic nitrogens is 2. The minimum Gasteiger partial charge on any atom is -0.497 e. The van der Waals surface area contributed by atoms with Crippen LogP contribution in [0.2, 0.25) is 0 Å². The van der Waals surface area contributed by atoms with Gasteiger partial charge in [-0.15, -0.1) is 0 Å². The summed E-state index contributed by atoms with van der Waals surface area (Å²) in [5, 5.41) is 3.86. The molecule has 3 heterocycles. The van der Waals surface area contributed by atoms with Crippen LogP contribution in [0, 0.1) is 0 Å². The van der Waals surface area contributed by atoms with Crippen LogP contribution in [0.4, 0.5) is 18.9 Å². The fraction of sp³-hybridized carbons (Fsp3) is 0.154. The Morgan fingerprint density at radius 1 is 0.943 bits per heavy atom. The first-order chi connectivity index (χ1) is 16.9. The molecule has 2 aromatic carbocycles. The summed E-state index contributed by atoms with van der Waals surface area (Å²) < 4.78 is 47.3. The summed E-state index contributed by atoms with van der Waals surface area (Å²) in [4.78, 5) is 6.50. The number of anilines is 1. The van der Waals surface area contributed by atoms with E-state index >= 15 is 0 Å². The molecule has 4 aromatic rings. The molecule has 35 heavy (non-hydrogen) atoms. The largest absolute Gasteiger partial charge is 0.497 e. The SMILES string of the molecule is COc1ccc(N2C(=S)NC(c3ccccn3)C2c2cccn2-c2cccc(C(F)(F)F)c2)cc1. The van der Waals surface area contributed by atoms with E-state index in [4.69, 9.17) is 17.0 Å². The molecule has 5 nitrogen and oxygen atoms in total. The zero-order chi connectivity index (χ0) is 24.6. The molecule has 2 aromatic heterocycles. The molecule has 0 radical (unpaired) electrons. The van der Waals surface area contributed by atoms with Crippen molar-refractivity contribution in [2.45, 2.75) is 18.3 Å². The predicted molar refractivity (Wildman–Crippen MR) is 132 cm³/mol. The highest BCUT2D eigenvalue weighted by Crippen LogP contribution is 2.42. The average Bonchev–Trinajstić information content (AvgIpc) is 3.48. The van der Waals surface area contributed by atoms with Gasteiger partial charge in [0.05, 0.1) is 24.4 Å². The number of ether oxygens (including phenoxy) is 1. The van der Waals surface area contributed by atoms with E-state index in [2.05, 4.69) is 10.3 Å². The number of alkyl halides is 3. The predicted octanol–water partition coefficient (Wildman–Crippen LogP) is 6.08. The van der Waals surface area contributed by atoms with Crippen molar-refractivity contribution in [3.63, 3.8) is 0 Å². The molecule has 0 bridgehead atoms. The molecular formula is C26H21F3N4OS. The van der Waals surface area contributed by atoms with Gasteiger partial charge in [0.15, 0.2) is 5.11 Å². The van der Waals surface area contributed by atoms with Crippen LogP contribution in [0.3, 0.4) is 0 Å². The first kappa shape index (κ1) is 22.9. The van der Waals surface area contributed by atoms with Crippen LogP contribution < -0.4 is 15.0 Å². The Balaban J connectivity index is 1.64. The van der Waals surface area contributed by atoms with Gasteiger partial charge in [-0.3, -0.25) is 4.98 Å². The van der Waals surface area contributed by atoms with Crippen LogP contribution in [0.15, 0.2) is 91.3 Å². The Morgan fingerprint density at radius 2 is 1.74 bits per heavy atom. The summed E-state index contributed by atoms with van der Waals surface area (Å²) in [6.07, 6.45) is -0.974. The quantitative estimate of drug-likeness (QED) is 0.341. The van der Waals surface area contributed by atoms with Crippen LogP contribution >= 0.6 is 12.2 Å². The lowest BCUT2D eigenvalue weighted by molar-refractivity contribution is -0.137. The summed E-state index contributed by atoms with van der Waals surface area (Å²) in [6.45, 7) is 0. The molecule has 0 aliphatic carbocycles. The molecule has 1 fully saturated rings. The monoisotopic (exact) mass is 494 g/mol. The van der Waals surface area contributed by atoms with Crippen molar-refractivity contribution in [2.24, 2.45) is 0 Å². The van der Waals surface area contributed by atoms with Gasteiger partial charge in [0, 0.05) is 29.5 Å². The topological polar surface area (TPSA) is 42.3 Å². The van der Waals surface area contributed by atoms with E-state index in [0.717, 1.165) is 29.2 Å². The Kier molecular flexibility index (Phi) is 5.94. The van der Waals surface area contributed by atoms with Gasteiger partial charge in [-0.05, 0) is 78.9 Å². The number of methoxy groups -OCH3 is 1. The Bertz CT molecular complexity index is 1340. The molecule has 0 amide bonds. The van der Waals surface area contributed by atoms with E-state index in [1.165, 1.54) is 6.07 Å². The third kappa shape index (κ3) is 4.35. The highest BCUT2D eigenvalue weighted by atomic mass is 32.1. The maximum atomic E-state index is 13.4. The summed E-state index contributed by atoms with van der Waals surface area (Å²) in [5.74, 6) is 0.706. The number of nitrogens with zero attached hydrogens (tertiary/aromatic N) is 3. The van der Waals surface area contributed by atoms with Crippen molar-refractivity contribution in [1.29, 1.82) is 0 Å². The van der Waals surface area contributed by atoms with Crippen LogP contribution in [0.25, 0.3) is 5.69 Å². The van der Waals surface area contributed by atoms with Crippen molar-refractivity contribution in [2.75, 3.05) is 12.0 Å². The second-order valence-electron chi connectivity index (χ2n) is 8.05. The molecule has 1 aliphatic rings. The van der Waals surface area contributed by atoms with Gasteiger partial charge in [0.1, 0.15) is 11.8 Å². The zero-order valence-corrected chi connectivity index (χ0v) is 19.4. The molecule has 2 atom stereocenters. The van der Waals surface area contributed by atoms with Gasteiger partial charge in [-0.25, -0.2) is 0 Å². The zero-order valence-electron chi connectivity index (χ0n) is 18.6. The Hall–Kier alpha value is -3.85. The maximum absolute atomic E-state index is 13.4. The van der Waals surface area contributed by atoms with Crippen LogP contribution in [0.1, 0.15) is 29.0 Å². The number of hydrogen-bond donors (Lipinski definition) is 1. The molecule has 0 saturated carbocycles. The fourth-order valence-corrected chi connectivity index (χ4v) is 4.72. The van der Waals surface area contributed by atoms with Crippen LogP contribution in [-0.4, -0.2) is 21.8 Å². The third-order valence-corrected chi connectivity index (χ3v) is 6.30. The highest BCUT2D eigenvalue weighted by Gasteiger charge is 2.42. The smallest absolute Gasteiger partial charge is 0.416 e. The van der Waals surface area contributed by atoms with E-state index in [9.17, 15) is 13.2 Å². The molecule has 1 N–H and O–H groups in total. The van der Waals surface area contributed by atoms with Crippen molar-refractivity contribution >= 4 is 23.0 Å². The first-order valence-corrected chi connectivity index (χ1v) is 11.3. The van der Waals surface area contributed by atoms with Crippen molar-refractivity contribution in [3.8, 4) is 11.4 Å². The summed E-state index contributed by atoms with van der Waals surface area (Å²) in [6, 6.07) is 21.4. The Labute approximate surface area is 205 Å². The number of nitrogens with one attached hydrogen (secondary N) is 1. The van der Waals surface area contributed by atoms with E-state index in [0.29, 0.717) is 16.5 Å². The van der Waals surface area contributed by atoms with E-state index in [-0.39, 0.29) is 12.1 Å². The maximum Gasteiger partial charge on any atom is 0.416 e. The molecule has 1 saturated heterocycles. The van der Waals surface area contributed by atoms with E-state index in [1.807, 2.05) is 59.5 Å². The molecule has 178 valence electrons.